The molecule has 0 bridgehead atoms. The number of rotatable bonds is 7. The van der Waals surface area contributed by atoms with Gasteiger partial charge >= 0.3 is 0 Å². The molecule has 0 aromatic rings. The van der Waals surface area contributed by atoms with Gasteiger partial charge in [-0.05, 0) is 33.2 Å². The molecule has 0 heterocycles. The highest BCUT2D eigenvalue weighted by molar-refractivity contribution is 4.91. The van der Waals surface area contributed by atoms with E-state index in [9.17, 15) is 5.11 Å². The highest BCUT2D eigenvalue weighted by Gasteiger charge is 2.05. The fraction of sp³-hybridized carbons (Fsp3) is 0.667. The number of nitrogens with zero attached hydrogens (tertiary/aromatic N) is 1. The Bertz CT molecular complexity index is 173. The summed E-state index contributed by atoms with van der Waals surface area (Å²) in [6.45, 7) is 7.74. The van der Waals surface area contributed by atoms with Crippen molar-refractivity contribution in [2.45, 2.75) is 39.8 Å². The van der Waals surface area contributed by atoms with Gasteiger partial charge in [0.05, 0.1) is 0 Å². The van der Waals surface area contributed by atoms with Crippen molar-refractivity contribution >= 4 is 0 Å². The molecule has 0 spiro atoms. The fourth-order valence-electron chi connectivity index (χ4n) is 1.28. The Morgan fingerprint density at radius 1 is 1.29 bits per heavy atom. The Labute approximate surface area is 87.9 Å². The molecule has 2 heteroatoms. The molecule has 1 N–H and O–H groups in total. The summed E-state index contributed by atoms with van der Waals surface area (Å²) in [5.74, 6) is 0. The summed E-state index contributed by atoms with van der Waals surface area (Å²) in [6, 6.07) is 0. The Hall–Kier alpha value is -0.600. The second-order valence-corrected chi connectivity index (χ2v) is 3.33. The number of aliphatic hydroxyl groups excluding tert-OH is 1. The normalized spacial score (nSPS) is 14.6. The first-order chi connectivity index (χ1) is 6.72. The molecule has 0 rings (SSSR count). The van der Waals surface area contributed by atoms with Gasteiger partial charge in [0.2, 0.25) is 0 Å². The van der Waals surface area contributed by atoms with E-state index in [1.807, 2.05) is 18.7 Å². The average molecular weight is 197 g/mol. The van der Waals surface area contributed by atoms with Crippen molar-refractivity contribution in [1.82, 2.24) is 4.90 Å². The predicted octanol–water partition coefficient (Wildman–Crippen LogP) is 2.56. The van der Waals surface area contributed by atoms with E-state index in [0.29, 0.717) is 0 Å². The van der Waals surface area contributed by atoms with Crippen LogP contribution in [-0.2, 0) is 0 Å². The molecule has 0 aromatic heterocycles. The monoisotopic (exact) mass is 197 g/mol. The zero-order valence-electron chi connectivity index (χ0n) is 9.61. The van der Waals surface area contributed by atoms with Crippen LogP contribution in [0.4, 0.5) is 0 Å². The van der Waals surface area contributed by atoms with E-state index in [4.69, 9.17) is 0 Å². The standard InChI is InChI=1S/C12H23NO/c1-4-6-7-8-9-10-11-13(5-2)12(3)14/h4,6,8-9,12,14H,5,7,10-11H2,1-3H3. The highest BCUT2D eigenvalue weighted by atomic mass is 16.3. The molecule has 2 nitrogen and oxygen atoms in total. The van der Waals surface area contributed by atoms with Crippen molar-refractivity contribution in [3.8, 4) is 0 Å². The molecule has 0 saturated heterocycles. The lowest BCUT2D eigenvalue weighted by Gasteiger charge is -2.22. The second-order valence-electron chi connectivity index (χ2n) is 3.33. The summed E-state index contributed by atoms with van der Waals surface area (Å²) in [7, 11) is 0. The highest BCUT2D eigenvalue weighted by Crippen LogP contribution is 1.98. The van der Waals surface area contributed by atoms with Crippen molar-refractivity contribution in [2.24, 2.45) is 0 Å². The zero-order chi connectivity index (χ0) is 10.8. The molecule has 1 atom stereocenters. The maximum Gasteiger partial charge on any atom is 0.104 e. The molecule has 0 fully saturated rings. The Kier molecular flexibility index (Phi) is 8.59. The number of aliphatic hydroxyl groups is 1. The van der Waals surface area contributed by atoms with Crippen LogP contribution in [0.15, 0.2) is 24.3 Å². The molecule has 0 radical (unpaired) electrons. The fourth-order valence-corrected chi connectivity index (χ4v) is 1.28. The van der Waals surface area contributed by atoms with Gasteiger partial charge in [0, 0.05) is 6.54 Å². The van der Waals surface area contributed by atoms with Crippen LogP contribution in [0.5, 0.6) is 0 Å². The van der Waals surface area contributed by atoms with Gasteiger partial charge in [-0.1, -0.05) is 31.2 Å². The number of hydrogen-bond donors (Lipinski definition) is 1. The van der Waals surface area contributed by atoms with Crippen molar-refractivity contribution in [3.05, 3.63) is 24.3 Å². The molecular weight excluding hydrogens is 174 g/mol. The van der Waals surface area contributed by atoms with Crippen LogP contribution in [0.2, 0.25) is 0 Å². The van der Waals surface area contributed by atoms with Gasteiger partial charge in [-0.3, -0.25) is 4.90 Å². The van der Waals surface area contributed by atoms with E-state index in [-0.39, 0.29) is 6.23 Å². The lowest BCUT2D eigenvalue weighted by molar-refractivity contribution is 0.0238. The summed E-state index contributed by atoms with van der Waals surface area (Å²) < 4.78 is 0. The Morgan fingerprint density at radius 2 is 2.00 bits per heavy atom. The van der Waals surface area contributed by atoms with Gasteiger partial charge in [0.1, 0.15) is 6.23 Å². The number of allylic oxidation sites excluding steroid dienone is 3. The number of hydrogen-bond acceptors (Lipinski definition) is 2. The van der Waals surface area contributed by atoms with Gasteiger partial charge in [-0.25, -0.2) is 0 Å². The van der Waals surface area contributed by atoms with E-state index in [1.165, 1.54) is 0 Å². The molecule has 0 aromatic carbocycles. The minimum absolute atomic E-state index is 0.330. The first-order valence-corrected chi connectivity index (χ1v) is 5.40. The molecule has 0 aliphatic heterocycles. The molecule has 0 amide bonds. The zero-order valence-corrected chi connectivity index (χ0v) is 9.61. The van der Waals surface area contributed by atoms with Crippen LogP contribution in [0.3, 0.4) is 0 Å². The maximum absolute atomic E-state index is 9.34. The van der Waals surface area contributed by atoms with E-state index in [0.717, 1.165) is 25.9 Å². The Balaban J connectivity index is 3.55. The van der Waals surface area contributed by atoms with Crippen molar-refractivity contribution in [2.75, 3.05) is 13.1 Å². The first kappa shape index (κ1) is 13.4. The lowest BCUT2D eigenvalue weighted by Crippen LogP contribution is -2.33. The van der Waals surface area contributed by atoms with Crippen molar-refractivity contribution in [3.63, 3.8) is 0 Å². The SMILES string of the molecule is CC=CCC=CCCN(CC)C(C)O. The van der Waals surface area contributed by atoms with Crippen LogP contribution in [0.25, 0.3) is 0 Å². The minimum atomic E-state index is -0.330. The van der Waals surface area contributed by atoms with Gasteiger partial charge in [-0.2, -0.15) is 0 Å². The van der Waals surface area contributed by atoms with E-state index >= 15 is 0 Å². The van der Waals surface area contributed by atoms with Crippen LogP contribution >= 0.6 is 0 Å². The van der Waals surface area contributed by atoms with Crippen LogP contribution < -0.4 is 0 Å². The largest absolute Gasteiger partial charge is 0.379 e. The van der Waals surface area contributed by atoms with Crippen molar-refractivity contribution < 1.29 is 5.11 Å². The first-order valence-electron chi connectivity index (χ1n) is 5.40. The second kappa shape index (κ2) is 8.97. The third-order valence-corrected chi connectivity index (χ3v) is 2.19. The van der Waals surface area contributed by atoms with Crippen LogP contribution in [0.1, 0.15) is 33.6 Å². The molecule has 1 unspecified atom stereocenters. The topological polar surface area (TPSA) is 23.5 Å². The van der Waals surface area contributed by atoms with Gasteiger partial charge in [-0.15, -0.1) is 0 Å². The van der Waals surface area contributed by atoms with E-state index < -0.39 is 0 Å². The summed E-state index contributed by atoms with van der Waals surface area (Å²) in [5, 5.41) is 9.34. The average Bonchev–Trinajstić information content (AvgIpc) is 2.16. The van der Waals surface area contributed by atoms with Gasteiger partial charge in [0.25, 0.3) is 0 Å². The summed E-state index contributed by atoms with van der Waals surface area (Å²) in [4.78, 5) is 2.04. The quantitative estimate of drug-likeness (QED) is 0.501. The predicted molar refractivity (Wildman–Crippen MR) is 62.1 cm³/mol. The molecular formula is C12H23NO. The summed E-state index contributed by atoms with van der Waals surface area (Å²) in [5.41, 5.74) is 0. The smallest absolute Gasteiger partial charge is 0.104 e. The molecule has 14 heavy (non-hydrogen) atoms. The third kappa shape index (κ3) is 6.87. The minimum Gasteiger partial charge on any atom is -0.379 e. The Morgan fingerprint density at radius 3 is 2.50 bits per heavy atom. The molecule has 0 aliphatic carbocycles. The van der Waals surface area contributed by atoms with E-state index in [2.05, 4.69) is 31.2 Å². The molecule has 0 saturated carbocycles. The van der Waals surface area contributed by atoms with Gasteiger partial charge in [0.15, 0.2) is 0 Å². The third-order valence-electron chi connectivity index (χ3n) is 2.19. The van der Waals surface area contributed by atoms with E-state index in [1.54, 1.807) is 0 Å². The molecule has 0 aliphatic rings. The lowest BCUT2D eigenvalue weighted by atomic mass is 10.3. The van der Waals surface area contributed by atoms with Gasteiger partial charge < -0.3 is 5.11 Å². The van der Waals surface area contributed by atoms with Crippen molar-refractivity contribution in [1.29, 1.82) is 0 Å². The summed E-state index contributed by atoms with van der Waals surface area (Å²) in [6.07, 6.45) is 10.2. The van der Waals surface area contributed by atoms with Crippen LogP contribution in [0, 0.1) is 0 Å². The summed E-state index contributed by atoms with van der Waals surface area (Å²) >= 11 is 0. The maximum atomic E-state index is 9.34. The molecule has 82 valence electrons. The van der Waals surface area contributed by atoms with Crippen LogP contribution in [-0.4, -0.2) is 29.3 Å².